The van der Waals surface area contributed by atoms with Crippen molar-refractivity contribution in [2.45, 2.75) is 38.3 Å². The van der Waals surface area contributed by atoms with Crippen LogP contribution in [0.1, 0.15) is 31.4 Å². The first-order chi connectivity index (χ1) is 15.5. The van der Waals surface area contributed by atoms with Crippen LogP contribution in [0.3, 0.4) is 0 Å². The van der Waals surface area contributed by atoms with Gasteiger partial charge in [0.25, 0.3) is 0 Å². The van der Waals surface area contributed by atoms with Gasteiger partial charge in [-0.05, 0) is 64.3 Å². The molecule has 1 N–H and O–H groups in total. The Balaban J connectivity index is 1.35. The van der Waals surface area contributed by atoms with Gasteiger partial charge >= 0.3 is 0 Å². The van der Waals surface area contributed by atoms with Gasteiger partial charge in [-0.2, -0.15) is 0 Å². The Bertz CT molecular complexity index is 1070. The van der Waals surface area contributed by atoms with E-state index in [9.17, 15) is 5.11 Å². The smallest absolute Gasteiger partial charge is 0.115 e. The summed E-state index contributed by atoms with van der Waals surface area (Å²) in [6, 6.07) is 21.4. The highest BCUT2D eigenvalue weighted by molar-refractivity contribution is 5.66. The van der Waals surface area contributed by atoms with Crippen LogP contribution >= 0.6 is 0 Å². The largest absolute Gasteiger partial charge is 0.508 e. The monoisotopic (exact) mass is 427 g/mol. The highest BCUT2D eigenvalue weighted by Gasteiger charge is 2.44. The maximum Gasteiger partial charge on any atom is 0.115 e. The Hall–Kier alpha value is -2.69. The van der Waals surface area contributed by atoms with Crippen molar-refractivity contribution in [1.29, 1.82) is 0 Å². The predicted molar refractivity (Wildman–Crippen MR) is 130 cm³/mol. The van der Waals surface area contributed by atoms with Gasteiger partial charge in [0.2, 0.25) is 0 Å². The third-order valence-electron chi connectivity index (χ3n) is 7.85. The van der Waals surface area contributed by atoms with Crippen molar-refractivity contribution in [2.24, 2.45) is 5.92 Å². The van der Waals surface area contributed by atoms with E-state index < -0.39 is 0 Å². The van der Waals surface area contributed by atoms with Crippen LogP contribution in [0, 0.1) is 5.92 Å². The molecule has 3 heterocycles. The zero-order valence-corrected chi connectivity index (χ0v) is 19.1. The fourth-order valence-corrected chi connectivity index (χ4v) is 5.75. The van der Waals surface area contributed by atoms with E-state index in [4.69, 9.17) is 0 Å². The van der Waals surface area contributed by atoms with E-state index in [0.29, 0.717) is 17.7 Å². The lowest BCUT2D eigenvalue weighted by Gasteiger charge is -2.53. The number of aromatic nitrogens is 1. The highest BCUT2D eigenvalue weighted by atomic mass is 16.3. The number of pyridine rings is 1. The molecule has 0 bridgehead atoms. The van der Waals surface area contributed by atoms with E-state index in [1.807, 2.05) is 24.5 Å². The van der Waals surface area contributed by atoms with E-state index in [-0.39, 0.29) is 5.41 Å². The molecule has 0 amide bonds. The summed E-state index contributed by atoms with van der Waals surface area (Å²) in [7, 11) is 0. The van der Waals surface area contributed by atoms with Crippen LogP contribution in [0.25, 0.3) is 11.1 Å². The minimum absolute atomic E-state index is 0.0812. The zero-order valence-electron chi connectivity index (χ0n) is 19.1. The molecule has 1 aromatic heterocycles. The number of hydrogen-bond acceptors (Lipinski definition) is 4. The average molecular weight is 428 g/mol. The number of benzene rings is 2. The molecule has 1 unspecified atom stereocenters. The first-order valence-electron chi connectivity index (χ1n) is 11.8. The number of rotatable bonds is 4. The van der Waals surface area contributed by atoms with Crippen LogP contribution in [0.2, 0.25) is 0 Å². The van der Waals surface area contributed by atoms with Gasteiger partial charge in [-0.15, -0.1) is 0 Å². The maximum atomic E-state index is 10.1. The molecule has 0 spiro atoms. The molecule has 2 fully saturated rings. The number of phenolic OH excluding ortho intramolecular Hbond substituents is 1. The normalized spacial score (nSPS) is 26.6. The van der Waals surface area contributed by atoms with Crippen molar-refractivity contribution in [3.63, 3.8) is 0 Å². The average Bonchev–Trinajstić information content (AvgIpc) is 2.81. The third-order valence-corrected chi connectivity index (χ3v) is 7.85. The minimum Gasteiger partial charge on any atom is -0.508 e. The van der Waals surface area contributed by atoms with E-state index >= 15 is 0 Å². The van der Waals surface area contributed by atoms with Crippen LogP contribution in [-0.2, 0) is 12.0 Å². The number of nitrogens with zero attached hydrogens (tertiary/aromatic N) is 3. The minimum atomic E-state index is 0.0812. The Labute approximate surface area is 191 Å². The maximum absolute atomic E-state index is 10.1. The number of hydrogen-bond donors (Lipinski definition) is 1. The van der Waals surface area contributed by atoms with Gasteiger partial charge in [0.1, 0.15) is 5.75 Å². The molecule has 4 heteroatoms. The van der Waals surface area contributed by atoms with E-state index in [0.717, 1.165) is 39.1 Å². The van der Waals surface area contributed by atoms with Gasteiger partial charge in [-0.25, -0.2) is 0 Å². The molecule has 0 saturated carbocycles. The van der Waals surface area contributed by atoms with Gasteiger partial charge in [0.15, 0.2) is 0 Å². The standard InChI is InChI=1S/C28H33N3O/c1-21-18-31-15-14-30(19-23-6-3-4-9-27(23)22-10-12-29-13-11-22)20-25(31)17-28(21,2)24-7-5-8-26(32)16-24/h3-13,16,21,25,32H,14-15,17-20H2,1-2H3/t21-,25+,28?/m0/s1. The molecule has 0 radical (unpaired) electrons. The second-order valence-electron chi connectivity index (χ2n) is 9.85. The summed E-state index contributed by atoms with van der Waals surface area (Å²) in [5.74, 6) is 0.927. The Morgan fingerprint density at radius 1 is 1.00 bits per heavy atom. The van der Waals surface area contributed by atoms with Crippen molar-refractivity contribution in [2.75, 3.05) is 26.2 Å². The second-order valence-corrected chi connectivity index (χ2v) is 9.85. The molecule has 0 aliphatic carbocycles. The van der Waals surface area contributed by atoms with E-state index in [1.54, 1.807) is 6.07 Å². The first-order valence-corrected chi connectivity index (χ1v) is 11.8. The van der Waals surface area contributed by atoms with Crippen molar-refractivity contribution < 1.29 is 5.11 Å². The lowest BCUT2D eigenvalue weighted by molar-refractivity contribution is -0.00553. The molecule has 2 aliphatic rings. The van der Waals surface area contributed by atoms with E-state index in [2.05, 4.69) is 71.1 Å². The van der Waals surface area contributed by atoms with Gasteiger partial charge in [0, 0.05) is 51.2 Å². The van der Waals surface area contributed by atoms with Gasteiger partial charge < -0.3 is 5.11 Å². The van der Waals surface area contributed by atoms with Crippen LogP contribution in [0.4, 0.5) is 0 Å². The number of fused-ring (bicyclic) bond motifs is 1. The Morgan fingerprint density at radius 2 is 1.81 bits per heavy atom. The molecular weight excluding hydrogens is 394 g/mol. The molecule has 5 rings (SSSR count). The van der Waals surface area contributed by atoms with Crippen molar-refractivity contribution in [1.82, 2.24) is 14.8 Å². The van der Waals surface area contributed by atoms with Crippen LogP contribution in [0.15, 0.2) is 73.1 Å². The van der Waals surface area contributed by atoms with Crippen LogP contribution < -0.4 is 0 Å². The van der Waals surface area contributed by atoms with Crippen molar-refractivity contribution >= 4 is 0 Å². The van der Waals surface area contributed by atoms with Crippen LogP contribution in [-0.4, -0.2) is 52.1 Å². The first kappa shape index (κ1) is 21.2. The predicted octanol–water partition coefficient (Wildman–Crippen LogP) is 4.94. The molecule has 32 heavy (non-hydrogen) atoms. The van der Waals surface area contributed by atoms with Gasteiger partial charge in [-0.1, -0.05) is 50.2 Å². The number of aromatic hydroxyl groups is 1. The molecule has 2 aromatic carbocycles. The molecule has 4 nitrogen and oxygen atoms in total. The summed E-state index contributed by atoms with van der Waals surface area (Å²) >= 11 is 0. The van der Waals surface area contributed by atoms with Gasteiger partial charge in [0.05, 0.1) is 0 Å². The van der Waals surface area contributed by atoms with Crippen molar-refractivity contribution in [3.8, 4) is 16.9 Å². The fourth-order valence-electron chi connectivity index (χ4n) is 5.75. The quantitative estimate of drug-likeness (QED) is 0.640. The third kappa shape index (κ3) is 4.05. The Kier molecular flexibility index (Phi) is 5.75. The lowest BCUT2D eigenvalue weighted by atomic mass is 9.65. The SMILES string of the molecule is C[C@H]1CN2CCN(Cc3ccccc3-c3ccncc3)C[C@H]2CC1(C)c1cccc(O)c1. The molecule has 3 atom stereocenters. The van der Waals surface area contributed by atoms with Gasteiger partial charge in [-0.3, -0.25) is 14.8 Å². The summed E-state index contributed by atoms with van der Waals surface area (Å²) in [5, 5.41) is 10.1. The second kappa shape index (κ2) is 8.68. The topological polar surface area (TPSA) is 39.6 Å². The molecule has 166 valence electrons. The number of piperazine rings is 1. The summed E-state index contributed by atoms with van der Waals surface area (Å²) in [4.78, 5) is 9.50. The van der Waals surface area contributed by atoms with Crippen LogP contribution in [0.5, 0.6) is 5.75 Å². The Morgan fingerprint density at radius 3 is 2.62 bits per heavy atom. The molecule has 3 aromatic rings. The molecule has 2 aliphatic heterocycles. The number of phenols is 1. The molecule has 2 saturated heterocycles. The number of piperidine rings is 1. The summed E-state index contributed by atoms with van der Waals surface area (Å²) in [6.07, 6.45) is 4.87. The summed E-state index contributed by atoms with van der Waals surface area (Å²) < 4.78 is 0. The fraction of sp³-hybridized carbons (Fsp3) is 0.393. The van der Waals surface area contributed by atoms with E-state index in [1.165, 1.54) is 22.3 Å². The lowest BCUT2D eigenvalue weighted by Crippen LogP contribution is -2.60. The molecular formula is C28H33N3O. The summed E-state index contributed by atoms with van der Waals surface area (Å²) in [5.41, 5.74) is 5.27. The van der Waals surface area contributed by atoms with Crippen molar-refractivity contribution in [3.05, 3.63) is 84.2 Å². The highest BCUT2D eigenvalue weighted by Crippen LogP contribution is 2.43. The zero-order chi connectivity index (χ0) is 22.1. The summed E-state index contributed by atoms with van der Waals surface area (Å²) in [6.45, 7) is 10.2.